The van der Waals surface area contributed by atoms with Gasteiger partial charge in [0.2, 0.25) is 5.91 Å². The summed E-state index contributed by atoms with van der Waals surface area (Å²) in [7, 11) is 1.83. The third kappa shape index (κ3) is 4.44. The van der Waals surface area contributed by atoms with E-state index in [9.17, 15) is 4.79 Å². The largest absolute Gasteiger partial charge is 0.310 e. The van der Waals surface area contributed by atoms with Crippen molar-refractivity contribution in [3.8, 4) is 0 Å². The number of rotatable bonds is 6. The van der Waals surface area contributed by atoms with Gasteiger partial charge >= 0.3 is 0 Å². The van der Waals surface area contributed by atoms with Gasteiger partial charge in [-0.1, -0.05) is 20.8 Å². The van der Waals surface area contributed by atoms with Crippen LogP contribution in [-0.2, 0) is 17.3 Å². The zero-order valence-electron chi connectivity index (χ0n) is 15.4. The smallest absolute Gasteiger partial charge is 0.239 e. The van der Waals surface area contributed by atoms with Crippen LogP contribution >= 0.6 is 0 Å². The summed E-state index contributed by atoms with van der Waals surface area (Å²) >= 11 is 0. The molecule has 0 bridgehead atoms. The second-order valence-electron chi connectivity index (χ2n) is 7.23. The molecule has 0 unspecified atom stereocenters. The molecule has 2 aromatic heterocycles. The Morgan fingerprint density at radius 2 is 2.04 bits per heavy atom. The van der Waals surface area contributed by atoms with E-state index in [2.05, 4.69) is 48.5 Å². The van der Waals surface area contributed by atoms with Gasteiger partial charge in [-0.2, -0.15) is 10.2 Å². The monoisotopic (exact) mass is 332 g/mol. The molecule has 0 spiro atoms. The average Bonchev–Trinajstić information content (AvgIpc) is 3.14. The molecule has 7 heteroatoms. The first-order valence-corrected chi connectivity index (χ1v) is 8.25. The minimum atomic E-state index is -0.0852. The minimum Gasteiger partial charge on any atom is -0.310 e. The number of hydrogen-bond donors (Lipinski definition) is 2. The van der Waals surface area contributed by atoms with Gasteiger partial charge in [0.1, 0.15) is 5.82 Å². The van der Waals surface area contributed by atoms with E-state index in [4.69, 9.17) is 0 Å². The van der Waals surface area contributed by atoms with Crippen LogP contribution in [0.3, 0.4) is 0 Å². The van der Waals surface area contributed by atoms with Crippen LogP contribution in [0.15, 0.2) is 24.5 Å². The number of aryl methyl sites for hydroxylation is 1. The Hall–Kier alpha value is -2.15. The number of amides is 1. The predicted octanol–water partition coefficient (Wildman–Crippen LogP) is 2.09. The van der Waals surface area contributed by atoms with E-state index < -0.39 is 0 Å². The van der Waals surface area contributed by atoms with Gasteiger partial charge in [0.05, 0.1) is 18.3 Å². The van der Waals surface area contributed by atoms with Crippen molar-refractivity contribution < 1.29 is 4.79 Å². The molecule has 0 saturated heterocycles. The zero-order chi connectivity index (χ0) is 17.9. The second kappa shape index (κ2) is 7.17. The van der Waals surface area contributed by atoms with Gasteiger partial charge in [0.25, 0.3) is 0 Å². The number of anilines is 1. The summed E-state index contributed by atoms with van der Waals surface area (Å²) in [6.45, 7) is 10.6. The molecule has 2 atom stereocenters. The highest BCUT2D eigenvalue weighted by molar-refractivity contribution is 5.91. The van der Waals surface area contributed by atoms with E-state index in [1.54, 1.807) is 10.9 Å². The van der Waals surface area contributed by atoms with Gasteiger partial charge < -0.3 is 10.6 Å². The first kappa shape index (κ1) is 18.2. The SMILES string of the molecule is C[C@@H](NCC(=O)Nc1cc(C(C)(C)C)nn1C)[C@H](C)n1cccn1. The molecule has 0 saturated carbocycles. The van der Waals surface area contributed by atoms with E-state index >= 15 is 0 Å². The minimum absolute atomic E-state index is 0.0489. The molecule has 7 nitrogen and oxygen atoms in total. The van der Waals surface area contributed by atoms with Crippen LogP contribution in [0.5, 0.6) is 0 Å². The fraction of sp³-hybridized carbons (Fsp3) is 0.588. The predicted molar refractivity (Wildman–Crippen MR) is 94.9 cm³/mol. The van der Waals surface area contributed by atoms with E-state index in [1.807, 2.05) is 37.0 Å². The zero-order valence-corrected chi connectivity index (χ0v) is 15.4. The number of carbonyl (C=O) groups is 1. The molecular weight excluding hydrogens is 304 g/mol. The van der Waals surface area contributed by atoms with E-state index in [0.29, 0.717) is 5.82 Å². The molecule has 0 fully saturated rings. The van der Waals surface area contributed by atoms with Gasteiger partial charge in [-0.05, 0) is 19.9 Å². The molecule has 0 aliphatic carbocycles. The van der Waals surface area contributed by atoms with Crippen molar-refractivity contribution in [2.24, 2.45) is 7.05 Å². The molecule has 0 aliphatic rings. The number of carbonyl (C=O) groups excluding carboxylic acids is 1. The molecule has 0 radical (unpaired) electrons. The van der Waals surface area contributed by atoms with Crippen LogP contribution in [0.4, 0.5) is 5.82 Å². The number of hydrogen-bond acceptors (Lipinski definition) is 4. The van der Waals surface area contributed by atoms with Gasteiger partial charge in [-0.25, -0.2) is 0 Å². The third-order valence-corrected chi connectivity index (χ3v) is 4.17. The first-order chi connectivity index (χ1) is 11.2. The molecule has 2 aromatic rings. The summed E-state index contributed by atoms with van der Waals surface area (Å²) in [5, 5.41) is 14.8. The fourth-order valence-corrected chi connectivity index (χ4v) is 2.31. The molecule has 2 rings (SSSR count). The highest BCUT2D eigenvalue weighted by Crippen LogP contribution is 2.23. The summed E-state index contributed by atoms with van der Waals surface area (Å²) < 4.78 is 3.58. The molecule has 24 heavy (non-hydrogen) atoms. The Labute approximate surface area is 143 Å². The van der Waals surface area contributed by atoms with Crippen molar-refractivity contribution in [2.45, 2.75) is 52.1 Å². The van der Waals surface area contributed by atoms with Crippen LogP contribution in [0.25, 0.3) is 0 Å². The summed E-state index contributed by atoms with van der Waals surface area (Å²) in [6, 6.07) is 4.10. The Morgan fingerprint density at radius 1 is 1.33 bits per heavy atom. The molecule has 2 N–H and O–H groups in total. The van der Waals surface area contributed by atoms with Crippen LogP contribution in [0.1, 0.15) is 46.4 Å². The normalized spacial score (nSPS) is 14.4. The van der Waals surface area contributed by atoms with Crippen molar-refractivity contribution in [3.05, 3.63) is 30.2 Å². The van der Waals surface area contributed by atoms with Crippen molar-refractivity contribution in [1.82, 2.24) is 24.9 Å². The maximum atomic E-state index is 12.2. The highest BCUT2D eigenvalue weighted by atomic mass is 16.2. The Morgan fingerprint density at radius 3 is 2.58 bits per heavy atom. The van der Waals surface area contributed by atoms with Crippen molar-refractivity contribution in [2.75, 3.05) is 11.9 Å². The maximum Gasteiger partial charge on any atom is 0.239 e. The van der Waals surface area contributed by atoms with Gasteiger partial charge in [0, 0.05) is 37.0 Å². The van der Waals surface area contributed by atoms with E-state index in [0.717, 1.165) is 5.69 Å². The third-order valence-electron chi connectivity index (χ3n) is 4.17. The lowest BCUT2D eigenvalue weighted by atomic mass is 9.92. The van der Waals surface area contributed by atoms with Crippen LogP contribution < -0.4 is 10.6 Å². The Bertz CT molecular complexity index is 668. The molecule has 0 aromatic carbocycles. The number of nitrogens with zero attached hydrogens (tertiary/aromatic N) is 4. The standard InChI is InChI=1S/C17H28N6O/c1-12(13(2)23-9-7-8-19-23)18-11-16(24)20-15-10-14(17(3,4)5)21-22(15)6/h7-10,12-13,18H,11H2,1-6H3,(H,20,24)/t12-,13+/m1/s1. The van der Waals surface area contributed by atoms with Crippen molar-refractivity contribution in [1.29, 1.82) is 0 Å². The summed E-state index contributed by atoms with van der Waals surface area (Å²) in [5.41, 5.74) is 0.904. The van der Waals surface area contributed by atoms with E-state index in [1.165, 1.54) is 0 Å². The van der Waals surface area contributed by atoms with Gasteiger partial charge in [-0.15, -0.1) is 0 Å². The van der Waals surface area contributed by atoms with Crippen molar-refractivity contribution >= 4 is 11.7 Å². The van der Waals surface area contributed by atoms with Crippen molar-refractivity contribution in [3.63, 3.8) is 0 Å². The Kier molecular flexibility index (Phi) is 5.43. The first-order valence-electron chi connectivity index (χ1n) is 8.25. The van der Waals surface area contributed by atoms with Crippen LogP contribution in [0.2, 0.25) is 0 Å². The van der Waals surface area contributed by atoms with Gasteiger partial charge in [0.15, 0.2) is 0 Å². The van der Waals surface area contributed by atoms with Gasteiger partial charge in [-0.3, -0.25) is 14.2 Å². The quantitative estimate of drug-likeness (QED) is 0.849. The summed E-state index contributed by atoms with van der Waals surface area (Å²) in [4.78, 5) is 12.2. The fourth-order valence-electron chi connectivity index (χ4n) is 2.31. The average molecular weight is 332 g/mol. The number of aromatic nitrogens is 4. The lowest BCUT2D eigenvalue weighted by molar-refractivity contribution is -0.115. The Balaban J connectivity index is 1.88. The van der Waals surface area contributed by atoms with E-state index in [-0.39, 0.29) is 30.0 Å². The maximum absolute atomic E-state index is 12.2. The molecule has 132 valence electrons. The lowest BCUT2D eigenvalue weighted by Crippen LogP contribution is -2.39. The van der Waals surface area contributed by atoms with Crippen LogP contribution in [0, 0.1) is 0 Å². The molecular formula is C17H28N6O. The lowest BCUT2D eigenvalue weighted by Gasteiger charge is -2.21. The summed E-state index contributed by atoms with van der Waals surface area (Å²) in [5.74, 6) is 0.623. The van der Waals surface area contributed by atoms with Crippen LogP contribution in [-0.4, -0.2) is 38.1 Å². The number of nitrogens with one attached hydrogen (secondary N) is 2. The summed E-state index contributed by atoms with van der Waals surface area (Å²) in [6.07, 6.45) is 3.68. The highest BCUT2D eigenvalue weighted by Gasteiger charge is 2.20. The second-order valence-corrected chi connectivity index (χ2v) is 7.23. The molecule has 0 aliphatic heterocycles. The topological polar surface area (TPSA) is 76.8 Å². The molecule has 1 amide bonds. The molecule has 2 heterocycles.